The van der Waals surface area contributed by atoms with Crippen molar-refractivity contribution in [1.29, 1.82) is 0 Å². The Morgan fingerprint density at radius 2 is 2.05 bits per heavy atom. The number of ether oxygens (including phenoxy) is 2. The number of likely N-dealkylation sites (N-methyl/N-ethyl adjacent to an activating group) is 1. The van der Waals surface area contributed by atoms with Crippen molar-refractivity contribution in [3.8, 4) is 5.75 Å². The summed E-state index contributed by atoms with van der Waals surface area (Å²) in [7, 11) is 1.51. The van der Waals surface area contributed by atoms with Crippen LogP contribution in [0.2, 0.25) is 0 Å². The lowest BCUT2D eigenvalue weighted by atomic mass is 10.1. The first-order valence-electron chi connectivity index (χ1n) is 5.88. The van der Waals surface area contributed by atoms with Gasteiger partial charge < -0.3 is 20.5 Å². The standard InChI is InChI=1S/C13H18N2O4/c1-8(2)19-13(17)10-6-9(4-5-11(10)14)18-7-12(16)15-3/h4-6,8H,7,14H2,1-3H3,(H,15,16). The maximum Gasteiger partial charge on any atom is 0.340 e. The van der Waals surface area contributed by atoms with Crippen molar-refractivity contribution >= 4 is 17.6 Å². The summed E-state index contributed by atoms with van der Waals surface area (Å²) in [5.41, 5.74) is 6.24. The highest BCUT2D eigenvalue weighted by Gasteiger charge is 2.14. The minimum absolute atomic E-state index is 0.126. The minimum Gasteiger partial charge on any atom is -0.484 e. The van der Waals surface area contributed by atoms with Crippen molar-refractivity contribution in [2.24, 2.45) is 0 Å². The van der Waals surface area contributed by atoms with Crippen molar-refractivity contribution < 1.29 is 19.1 Å². The lowest BCUT2D eigenvalue weighted by Gasteiger charge is -2.11. The van der Waals surface area contributed by atoms with E-state index in [4.69, 9.17) is 15.2 Å². The van der Waals surface area contributed by atoms with Gasteiger partial charge in [0.25, 0.3) is 5.91 Å². The largest absolute Gasteiger partial charge is 0.484 e. The third kappa shape index (κ3) is 4.50. The molecule has 0 saturated heterocycles. The molecule has 6 heteroatoms. The number of rotatable bonds is 5. The fourth-order valence-electron chi connectivity index (χ4n) is 1.30. The third-order valence-corrected chi connectivity index (χ3v) is 2.24. The molecule has 19 heavy (non-hydrogen) atoms. The van der Waals surface area contributed by atoms with Gasteiger partial charge in [-0.25, -0.2) is 4.79 Å². The second-order valence-corrected chi connectivity index (χ2v) is 4.16. The number of hydrogen-bond acceptors (Lipinski definition) is 5. The van der Waals surface area contributed by atoms with Crippen LogP contribution in [0.5, 0.6) is 5.75 Å². The van der Waals surface area contributed by atoms with Crippen LogP contribution >= 0.6 is 0 Å². The molecule has 1 aromatic rings. The third-order valence-electron chi connectivity index (χ3n) is 2.24. The Morgan fingerprint density at radius 3 is 2.63 bits per heavy atom. The Morgan fingerprint density at radius 1 is 1.37 bits per heavy atom. The van der Waals surface area contributed by atoms with Crippen molar-refractivity contribution in [1.82, 2.24) is 5.32 Å². The second kappa shape index (κ2) is 6.63. The Kier molecular flexibility index (Phi) is 5.17. The SMILES string of the molecule is CNC(=O)COc1ccc(N)c(C(=O)OC(C)C)c1. The number of nitrogens with two attached hydrogens (primary N) is 1. The Labute approximate surface area is 111 Å². The van der Waals surface area contributed by atoms with Crippen LogP contribution in [-0.2, 0) is 9.53 Å². The average molecular weight is 266 g/mol. The lowest BCUT2D eigenvalue weighted by Crippen LogP contribution is -2.24. The molecule has 0 spiro atoms. The van der Waals surface area contributed by atoms with E-state index in [1.807, 2.05) is 0 Å². The summed E-state index contributed by atoms with van der Waals surface area (Å²) < 4.78 is 10.3. The van der Waals surface area contributed by atoms with E-state index < -0.39 is 5.97 Å². The highest BCUT2D eigenvalue weighted by Crippen LogP contribution is 2.21. The van der Waals surface area contributed by atoms with Gasteiger partial charge in [-0.1, -0.05) is 0 Å². The van der Waals surface area contributed by atoms with Gasteiger partial charge in [0.2, 0.25) is 0 Å². The summed E-state index contributed by atoms with van der Waals surface area (Å²) in [4.78, 5) is 22.8. The maximum absolute atomic E-state index is 11.8. The summed E-state index contributed by atoms with van der Waals surface area (Å²) in [6, 6.07) is 4.59. The Hall–Kier alpha value is -2.24. The maximum atomic E-state index is 11.8. The Balaban J connectivity index is 2.82. The van der Waals surface area contributed by atoms with Crippen molar-refractivity contribution in [2.45, 2.75) is 20.0 Å². The molecule has 0 heterocycles. The van der Waals surface area contributed by atoms with Crippen LogP contribution in [0.1, 0.15) is 24.2 Å². The molecule has 0 bridgehead atoms. The summed E-state index contributed by atoms with van der Waals surface area (Å²) in [5, 5.41) is 2.43. The molecule has 0 unspecified atom stereocenters. The Bertz CT molecular complexity index is 472. The zero-order valence-corrected chi connectivity index (χ0v) is 11.2. The molecule has 0 aromatic heterocycles. The average Bonchev–Trinajstić information content (AvgIpc) is 2.36. The van der Waals surface area contributed by atoms with Crippen LogP contribution in [-0.4, -0.2) is 31.6 Å². The molecule has 6 nitrogen and oxygen atoms in total. The summed E-state index contributed by atoms with van der Waals surface area (Å²) in [6.07, 6.45) is -0.234. The fourth-order valence-corrected chi connectivity index (χ4v) is 1.30. The van der Waals surface area contributed by atoms with Gasteiger partial charge in [0, 0.05) is 12.7 Å². The number of benzene rings is 1. The smallest absolute Gasteiger partial charge is 0.340 e. The molecule has 0 aliphatic carbocycles. The molecule has 1 aromatic carbocycles. The van der Waals surface area contributed by atoms with Crippen molar-refractivity contribution in [3.63, 3.8) is 0 Å². The monoisotopic (exact) mass is 266 g/mol. The first-order valence-corrected chi connectivity index (χ1v) is 5.88. The van der Waals surface area contributed by atoms with E-state index in [1.165, 1.54) is 19.2 Å². The molecule has 3 N–H and O–H groups in total. The van der Waals surface area contributed by atoms with Crippen molar-refractivity contribution in [2.75, 3.05) is 19.4 Å². The van der Waals surface area contributed by atoms with Gasteiger partial charge in [0.15, 0.2) is 6.61 Å². The zero-order chi connectivity index (χ0) is 14.4. The predicted molar refractivity (Wildman–Crippen MR) is 71.0 cm³/mol. The van der Waals surface area contributed by atoms with Crippen LogP contribution < -0.4 is 15.8 Å². The molecule has 1 amide bonds. The summed E-state index contributed by atoms with van der Waals surface area (Å²) >= 11 is 0. The van der Waals surface area contributed by atoms with E-state index >= 15 is 0 Å². The van der Waals surface area contributed by atoms with E-state index in [0.29, 0.717) is 11.4 Å². The molecule has 0 atom stereocenters. The molecule has 1 rings (SSSR count). The summed E-state index contributed by atoms with van der Waals surface area (Å²) in [6.45, 7) is 3.37. The summed E-state index contributed by atoms with van der Waals surface area (Å²) in [5.74, 6) is -0.394. The molecular formula is C13H18N2O4. The fraction of sp³-hybridized carbons (Fsp3) is 0.385. The zero-order valence-electron chi connectivity index (χ0n) is 11.2. The van der Waals surface area contributed by atoms with Gasteiger partial charge in [-0.15, -0.1) is 0 Å². The number of amides is 1. The number of nitrogens with one attached hydrogen (secondary N) is 1. The van der Waals surface area contributed by atoms with E-state index in [9.17, 15) is 9.59 Å². The minimum atomic E-state index is -0.516. The van der Waals surface area contributed by atoms with E-state index in [1.54, 1.807) is 19.9 Å². The number of anilines is 1. The van der Waals surface area contributed by atoms with Crippen LogP contribution in [0.15, 0.2) is 18.2 Å². The van der Waals surface area contributed by atoms with E-state index in [-0.39, 0.29) is 24.2 Å². The van der Waals surface area contributed by atoms with E-state index in [2.05, 4.69) is 5.32 Å². The van der Waals surface area contributed by atoms with Gasteiger partial charge in [-0.05, 0) is 32.0 Å². The highest BCUT2D eigenvalue weighted by molar-refractivity contribution is 5.95. The van der Waals surface area contributed by atoms with Crippen LogP contribution in [0.3, 0.4) is 0 Å². The number of esters is 1. The van der Waals surface area contributed by atoms with Crippen LogP contribution in [0.4, 0.5) is 5.69 Å². The van der Waals surface area contributed by atoms with Crippen LogP contribution in [0.25, 0.3) is 0 Å². The predicted octanol–water partition coefficient (Wildman–Crippen LogP) is 0.959. The molecular weight excluding hydrogens is 248 g/mol. The van der Waals surface area contributed by atoms with Gasteiger partial charge >= 0.3 is 5.97 Å². The number of carbonyl (C=O) groups is 2. The van der Waals surface area contributed by atoms with Gasteiger partial charge in [-0.3, -0.25) is 4.79 Å². The van der Waals surface area contributed by atoms with Crippen LogP contribution in [0, 0.1) is 0 Å². The number of carbonyl (C=O) groups excluding carboxylic acids is 2. The lowest BCUT2D eigenvalue weighted by molar-refractivity contribution is -0.122. The van der Waals surface area contributed by atoms with Crippen molar-refractivity contribution in [3.05, 3.63) is 23.8 Å². The quantitative estimate of drug-likeness (QED) is 0.612. The van der Waals surface area contributed by atoms with Gasteiger partial charge in [0.05, 0.1) is 11.7 Å². The highest BCUT2D eigenvalue weighted by atomic mass is 16.5. The number of nitrogen functional groups attached to an aromatic ring is 1. The van der Waals surface area contributed by atoms with Gasteiger partial charge in [0.1, 0.15) is 5.75 Å². The number of hydrogen-bond donors (Lipinski definition) is 2. The van der Waals surface area contributed by atoms with E-state index in [0.717, 1.165) is 0 Å². The molecule has 0 aliphatic heterocycles. The molecule has 104 valence electrons. The van der Waals surface area contributed by atoms with Gasteiger partial charge in [-0.2, -0.15) is 0 Å². The molecule has 0 fully saturated rings. The molecule has 0 saturated carbocycles. The normalized spacial score (nSPS) is 10.1. The second-order valence-electron chi connectivity index (χ2n) is 4.16. The molecule has 0 radical (unpaired) electrons. The molecule has 0 aliphatic rings. The first-order chi connectivity index (χ1) is 8.93. The topological polar surface area (TPSA) is 90.6 Å². The first kappa shape index (κ1) is 14.8.